The molecule has 2 heterocycles. The lowest BCUT2D eigenvalue weighted by Gasteiger charge is -2.07. The lowest BCUT2D eigenvalue weighted by molar-refractivity contribution is 0.180. The summed E-state index contributed by atoms with van der Waals surface area (Å²) in [7, 11) is -0.261. The molecule has 0 saturated heterocycles. The summed E-state index contributed by atoms with van der Waals surface area (Å²) in [6.45, 7) is 1.66. The van der Waals surface area contributed by atoms with Crippen molar-refractivity contribution in [3.63, 3.8) is 0 Å². The molecule has 0 aliphatic carbocycles. The summed E-state index contributed by atoms with van der Waals surface area (Å²) in [5.41, 5.74) is 8.55. The number of nitrogen functional groups attached to an aromatic ring is 1. The zero-order valence-electron chi connectivity index (χ0n) is 7.66. The maximum Gasteiger partial charge on any atom is 0.498 e. The minimum atomic E-state index is -0.261. The highest BCUT2D eigenvalue weighted by atomic mass is 16.6. The third-order valence-corrected chi connectivity index (χ3v) is 2.49. The molecule has 0 aromatic heterocycles. The van der Waals surface area contributed by atoms with Crippen LogP contribution in [0.1, 0.15) is 5.56 Å². The van der Waals surface area contributed by atoms with E-state index in [0.29, 0.717) is 25.5 Å². The van der Waals surface area contributed by atoms with Gasteiger partial charge in [-0.25, -0.2) is 0 Å². The fourth-order valence-electron chi connectivity index (χ4n) is 1.90. The van der Waals surface area contributed by atoms with Gasteiger partial charge in [-0.05, 0) is 11.6 Å². The quantitative estimate of drug-likeness (QED) is 0.459. The molecule has 4 nitrogen and oxygen atoms in total. The van der Waals surface area contributed by atoms with Crippen LogP contribution in [0.3, 0.4) is 0 Å². The van der Waals surface area contributed by atoms with E-state index in [9.17, 15) is 0 Å². The van der Waals surface area contributed by atoms with E-state index in [1.54, 1.807) is 0 Å². The Morgan fingerprint density at radius 3 is 3.07 bits per heavy atom. The second-order valence-corrected chi connectivity index (χ2v) is 3.45. The van der Waals surface area contributed by atoms with Crippen molar-refractivity contribution in [2.24, 2.45) is 0 Å². The van der Waals surface area contributed by atoms with Gasteiger partial charge in [0, 0.05) is 17.2 Å². The van der Waals surface area contributed by atoms with E-state index in [0.717, 1.165) is 16.8 Å². The molecule has 0 bridgehead atoms. The summed E-state index contributed by atoms with van der Waals surface area (Å²) in [5.74, 6) is 0.806. The van der Waals surface area contributed by atoms with Gasteiger partial charge in [0.2, 0.25) is 0 Å². The molecule has 5 heteroatoms. The smallest absolute Gasteiger partial charge is 0.492 e. The Balaban J connectivity index is 2.18. The lowest BCUT2D eigenvalue weighted by Crippen LogP contribution is -2.31. The number of nitrogens with two attached hydrogens (primary N) is 1. The van der Waals surface area contributed by atoms with Gasteiger partial charge in [0.05, 0.1) is 13.2 Å². The monoisotopic (exact) mass is 191 g/mol. The predicted octanol–water partition coefficient (Wildman–Crippen LogP) is -0.0968. The van der Waals surface area contributed by atoms with E-state index in [1.807, 2.05) is 12.1 Å². The minimum absolute atomic E-state index is 0.261. The second-order valence-electron chi connectivity index (χ2n) is 3.45. The fourth-order valence-corrected chi connectivity index (χ4v) is 1.90. The average Bonchev–Trinajstić information content (AvgIpc) is 2.43. The molecule has 14 heavy (non-hydrogen) atoms. The van der Waals surface area contributed by atoms with Crippen molar-refractivity contribution >= 4 is 18.3 Å². The predicted molar refractivity (Wildman–Crippen MR) is 52.5 cm³/mol. The SMILES string of the molecule is Nc1cc2c3c(c1)OCCOB3OC2. The molecule has 3 rings (SSSR count). The Hall–Kier alpha value is -1.20. The van der Waals surface area contributed by atoms with Gasteiger partial charge in [0.15, 0.2) is 0 Å². The van der Waals surface area contributed by atoms with Gasteiger partial charge in [0.25, 0.3) is 0 Å². The maximum atomic E-state index is 5.75. The largest absolute Gasteiger partial charge is 0.498 e. The maximum absolute atomic E-state index is 5.75. The number of benzene rings is 1. The number of hydrogen-bond acceptors (Lipinski definition) is 4. The zero-order chi connectivity index (χ0) is 9.54. The van der Waals surface area contributed by atoms with E-state index in [-0.39, 0.29) is 7.12 Å². The van der Waals surface area contributed by atoms with Crippen molar-refractivity contribution in [2.75, 3.05) is 18.9 Å². The first-order valence-corrected chi connectivity index (χ1v) is 4.63. The lowest BCUT2D eigenvalue weighted by atomic mass is 9.78. The Morgan fingerprint density at radius 2 is 2.14 bits per heavy atom. The molecule has 0 unspecified atom stereocenters. The summed E-state index contributed by atoms with van der Waals surface area (Å²) >= 11 is 0. The molecule has 2 aliphatic heterocycles. The molecule has 0 spiro atoms. The van der Waals surface area contributed by atoms with Crippen molar-refractivity contribution in [3.05, 3.63) is 17.7 Å². The first kappa shape index (κ1) is 8.14. The molecule has 2 N–H and O–H groups in total. The molecular formula is C9H10BNO3. The highest BCUT2D eigenvalue weighted by Crippen LogP contribution is 2.24. The summed E-state index contributed by atoms with van der Waals surface area (Å²) in [6, 6.07) is 3.74. The Kier molecular flexibility index (Phi) is 1.69. The summed E-state index contributed by atoms with van der Waals surface area (Å²) in [5, 5.41) is 0. The Bertz CT molecular complexity index is 383. The molecule has 2 aliphatic rings. The molecule has 0 amide bonds. The van der Waals surface area contributed by atoms with Crippen LogP contribution in [0, 0.1) is 0 Å². The van der Waals surface area contributed by atoms with Gasteiger partial charge in [-0.3, -0.25) is 0 Å². The second kappa shape index (κ2) is 2.90. The van der Waals surface area contributed by atoms with Crippen molar-refractivity contribution in [3.8, 4) is 5.75 Å². The zero-order valence-corrected chi connectivity index (χ0v) is 7.66. The summed E-state index contributed by atoms with van der Waals surface area (Å²) in [4.78, 5) is 0. The normalized spacial score (nSPS) is 18.7. The van der Waals surface area contributed by atoms with Crippen molar-refractivity contribution in [1.29, 1.82) is 0 Å². The highest BCUT2D eigenvalue weighted by Gasteiger charge is 2.36. The summed E-state index contributed by atoms with van der Waals surface area (Å²) in [6.07, 6.45) is 0. The standard InChI is InChI=1S/C9H10BNO3/c11-7-3-6-5-14-10-9(6)8(4-7)12-1-2-13-10/h3-4H,1-2,5,11H2. The number of rotatable bonds is 0. The van der Waals surface area contributed by atoms with Gasteiger partial charge in [-0.15, -0.1) is 0 Å². The van der Waals surface area contributed by atoms with Crippen LogP contribution in [-0.4, -0.2) is 20.3 Å². The van der Waals surface area contributed by atoms with E-state index >= 15 is 0 Å². The Labute approximate surface area is 82.1 Å². The van der Waals surface area contributed by atoms with Crippen molar-refractivity contribution < 1.29 is 14.0 Å². The fraction of sp³-hybridized carbons (Fsp3) is 0.333. The van der Waals surface area contributed by atoms with Gasteiger partial charge in [-0.2, -0.15) is 0 Å². The first-order valence-electron chi connectivity index (χ1n) is 4.63. The Morgan fingerprint density at radius 1 is 1.21 bits per heavy atom. The first-order chi connectivity index (χ1) is 6.84. The van der Waals surface area contributed by atoms with Crippen LogP contribution < -0.4 is 15.9 Å². The average molecular weight is 191 g/mol. The van der Waals surface area contributed by atoms with E-state index in [1.165, 1.54) is 0 Å². The van der Waals surface area contributed by atoms with Gasteiger partial charge < -0.3 is 19.8 Å². The molecular weight excluding hydrogens is 181 g/mol. The third-order valence-electron chi connectivity index (χ3n) is 2.49. The third kappa shape index (κ3) is 1.09. The van der Waals surface area contributed by atoms with E-state index < -0.39 is 0 Å². The van der Waals surface area contributed by atoms with Crippen LogP contribution in [0.15, 0.2) is 12.1 Å². The molecule has 0 atom stereocenters. The van der Waals surface area contributed by atoms with Crippen LogP contribution in [-0.2, 0) is 15.9 Å². The van der Waals surface area contributed by atoms with E-state index in [4.69, 9.17) is 19.8 Å². The van der Waals surface area contributed by atoms with Crippen LogP contribution >= 0.6 is 0 Å². The van der Waals surface area contributed by atoms with Crippen LogP contribution in [0.25, 0.3) is 0 Å². The topological polar surface area (TPSA) is 53.7 Å². The highest BCUT2D eigenvalue weighted by molar-refractivity contribution is 6.64. The van der Waals surface area contributed by atoms with Crippen molar-refractivity contribution in [2.45, 2.75) is 6.61 Å². The summed E-state index contributed by atoms with van der Waals surface area (Å²) < 4.78 is 16.5. The minimum Gasteiger partial charge on any atom is -0.492 e. The van der Waals surface area contributed by atoms with Crippen LogP contribution in [0.4, 0.5) is 5.69 Å². The van der Waals surface area contributed by atoms with Gasteiger partial charge in [0.1, 0.15) is 12.4 Å². The van der Waals surface area contributed by atoms with Gasteiger partial charge >= 0.3 is 7.12 Å². The molecule has 0 radical (unpaired) electrons. The van der Waals surface area contributed by atoms with Crippen LogP contribution in [0.2, 0.25) is 0 Å². The number of anilines is 1. The van der Waals surface area contributed by atoms with Crippen molar-refractivity contribution in [1.82, 2.24) is 0 Å². The molecule has 1 aromatic rings. The van der Waals surface area contributed by atoms with E-state index in [2.05, 4.69) is 0 Å². The molecule has 1 aromatic carbocycles. The number of hydrogen-bond donors (Lipinski definition) is 1. The molecule has 0 saturated carbocycles. The van der Waals surface area contributed by atoms with Gasteiger partial charge in [-0.1, -0.05) is 0 Å². The molecule has 72 valence electrons. The van der Waals surface area contributed by atoms with Crippen LogP contribution in [0.5, 0.6) is 5.75 Å². The molecule has 0 fully saturated rings. The number of ether oxygens (including phenoxy) is 1.